The Morgan fingerprint density at radius 3 is 2.50 bits per heavy atom. The summed E-state index contributed by atoms with van der Waals surface area (Å²) in [5.74, 6) is -0.397. The molecule has 0 unspecified atom stereocenters. The summed E-state index contributed by atoms with van der Waals surface area (Å²) in [6.45, 7) is 3.76. The number of nitrogens with two attached hydrogens (primary N) is 1. The molecule has 0 radical (unpaired) electrons. The molecule has 1 atom stereocenters. The highest BCUT2D eigenvalue weighted by Gasteiger charge is 2.31. The van der Waals surface area contributed by atoms with E-state index in [-0.39, 0.29) is 0 Å². The van der Waals surface area contributed by atoms with Crippen molar-refractivity contribution in [1.82, 2.24) is 0 Å². The van der Waals surface area contributed by atoms with Gasteiger partial charge in [-0.3, -0.25) is 0 Å². The zero-order valence-corrected chi connectivity index (χ0v) is 8.49. The lowest BCUT2D eigenvalue weighted by molar-refractivity contribution is -0.149. The van der Waals surface area contributed by atoms with E-state index in [2.05, 4.69) is 0 Å². The number of hydrogen-bond acceptors (Lipinski definition) is 3. The van der Waals surface area contributed by atoms with Gasteiger partial charge >= 0.3 is 5.97 Å². The maximum Gasteiger partial charge on any atom is 0.330 e. The molecule has 2 N–H and O–H groups in total. The van der Waals surface area contributed by atoms with Crippen molar-refractivity contribution in [3.05, 3.63) is 35.9 Å². The molecule has 0 saturated carbocycles. The first-order valence-electron chi connectivity index (χ1n) is 4.60. The van der Waals surface area contributed by atoms with Crippen molar-refractivity contribution in [2.24, 2.45) is 5.73 Å². The second-order valence-corrected chi connectivity index (χ2v) is 3.29. The smallest absolute Gasteiger partial charge is 0.330 e. The predicted octanol–water partition coefficient (Wildman–Crippen LogP) is 1.42. The van der Waals surface area contributed by atoms with Crippen molar-refractivity contribution in [3.8, 4) is 0 Å². The summed E-state index contributed by atoms with van der Waals surface area (Å²) in [4.78, 5) is 11.5. The Bertz CT molecular complexity index is 306. The topological polar surface area (TPSA) is 52.3 Å². The number of ether oxygens (including phenoxy) is 1. The second-order valence-electron chi connectivity index (χ2n) is 3.29. The SMILES string of the molecule is CCOC(=O)[C@](C)(N)c1ccccc1. The number of carbonyl (C=O) groups excluding carboxylic acids is 1. The van der Waals surface area contributed by atoms with Gasteiger partial charge in [0.25, 0.3) is 0 Å². The molecule has 0 aliphatic carbocycles. The Hall–Kier alpha value is -1.35. The van der Waals surface area contributed by atoms with Gasteiger partial charge in [0.05, 0.1) is 6.61 Å². The molecule has 0 amide bonds. The van der Waals surface area contributed by atoms with Crippen LogP contribution in [0.1, 0.15) is 19.4 Å². The summed E-state index contributed by atoms with van der Waals surface area (Å²) in [6.07, 6.45) is 0. The van der Waals surface area contributed by atoms with Gasteiger partial charge in [-0.1, -0.05) is 30.3 Å². The molecule has 3 heteroatoms. The van der Waals surface area contributed by atoms with Crippen LogP contribution in [-0.4, -0.2) is 12.6 Å². The molecule has 0 aromatic heterocycles. The highest BCUT2D eigenvalue weighted by Crippen LogP contribution is 2.18. The second kappa shape index (κ2) is 4.24. The number of rotatable bonds is 3. The Morgan fingerprint density at radius 2 is 2.00 bits per heavy atom. The number of hydrogen-bond donors (Lipinski definition) is 1. The van der Waals surface area contributed by atoms with E-state index in [0.717, 1.165) is 5.56 Å². The third-order valence-corrected chi connectivity index (χ3v) is 2.07. The van der Waals surface area contributed by atoms with Crippen molar-refractivity contribution < 1.29 is 9.53 Å². The van der Waals surface area contributed by atoms with E-state index in [1.807, 2.05) is 30.3 Å². The van der Waals surface area contributed by atoms with Crippen LogP contribution in [0.15, 0.2) is 30.3 Å². The standard InChI is InChI=1S/C11H15NO2/c1-3-14-10(13)11(2,12)9-7-5-4-6-8-9/h4-8H,3,12H2,1-2H3/t11-/m1/s1. The number of benzene rings is 1. The Kier molecular flexibility index (Phi) is 3.25. The maximum absolute atomic E-state index is 11.5. The minimum absolute atomic E-state index is 0.346. The van der Waals surface area contributed by atoms with E-state index in [9.17, 15) is 4.79 Å². The van der Waals surface area contributed by atoms with Crippen LogP contribution in [0.25, 0.3) is 0 Å². The molecule has 0 spiro atoms. The maximum atomic E-state index is 11.5. The number of esters is 1. The molecule has 14 heavy (non-hydrogen) atoms. The first-order valence-corrected chi connectivity index (χ1v) is 4.60. The van der Waals surface area contributed by atoms with Crippen LogP contribution in [0.5, 0.6) is 0 Å². The quantitative estimate of drug-likeness (QED) is 0.739. The van der Waals surface area contributed by atoms with Gasteiger partial charge in [0.2, 0.25) is 0 Å². The molecule has 0 fully saturated rings. The average Bonchev–Trinajstić information content (AvgIpc) is 2.19. The first-order chi connectivity index (χ1) is 6.59. The summed E-state index contributed by atoms with van der Waals surface area (Å²) < 4.78 is 4.90. The lowest BCUT2D eigenvalue weighted by Gasteiger charge is -2.22. The van der Waals surface area contributed by atoms with Crippen LogP contribution < -0.4 is 5.73 Å². The van der Waals surface area contributed by atoms with E-state index in [1.54, 1.807) is 13.8 Å². The molecule has 1 rings (SSSR count). The highest BCUT2D eigenvalue weighted by molar-refractivity contribution is 5.81. The van der Waals surface area contributed by atoms with E-state index < -0.39 is 11.5 Å². The highest BCUT2D eigenvalue weighted by atomic mass is 16.5. The first kappa shape index (κ1) is 10.7. The normalized spacial score (nSPS) is 14.5. The molecule has 0 bridgehead atoms. The van der Waals surface area contributed by atoms with Crippen molar-refractivity contribution in [2.75, 3.05) is 6.61 Å². The fourth-order valence-electron chi connectivity index (χ4n) is 1.18. The Balaban J connectivity index is 2.90. The third-order valence-electron chi connectivity index (χ3n) is 2.07. The van der Waals surface area contributed by atoms with Crippen LogP contribution in [-0.2, 0) is 15.1 Å². The largest absolute Gasteiger partial charge is 0.464 e. The van der Waals surface area contributed by atoms with Crippen molar-refractivity contribution in [2.45, 2.75) is 19.4 Å². The fraction of sp³-hybridized carbons (Fsp3) is 0.364. The van der Waals surface area contributed by atoms with Crippen LogP contribution in [0.3, 0.4) is 0 Å². The third kappa shape index (κ3) is 2.12. The molecule has 1 aromatic rings. The molecule has 3 nitrogen and oxygen atoms in total. The van der Waals surface area contributed by atoms with E-state index in [4.69, 9.17) is 10.5 Å². The minimum atomic E-state index is -1.06. The zero-order valence-electron chi connectivity index (χ0n) is 8.49. The van der Waals surface area contributed by atoms with Crippen LogP contribution in [0.4, 0.5) is 0 Å². The van der Waals surface area contributed by atoms with Gasteiger partial charge in [-0.2, -0.15) is 0 Å². The van der Waals surface area contributed by atoms with Gasteiger partial charge in [0.1, 0.15) is 5.54 Å². The molecule has 0 saturated heterocycles. The summed E-state index contributed by atoms with van der Waals surface area (Å²) in [7, 11) is 0. The number of carbonyl (C=O) groups is 1. The van der Waals surface area contributed by atoms with Crippen molar-refractivity contribution in [3.63, 3.8) is 0 Å². The van der Waals surface area contributed by atoms with Crippen LogP contribution in [0.2, 0.25) is 0 Å². The van der Waals surface area contributed by atoms with Gasteiger partial charge in [-0.25, -0.2) is 4.79 Å². The van der Waals surface area contributed by atoms with E-state index in [1.165, 1.54) is 0 Å². The zero-order chi connectivity index (χ0) is 10.6. The Morgan fingerprint density at radius 1 is 1.43 bits per heavy atom. The summed E-state index contributed by atoms with van der Waals surface area (Å²) in [5, 5.41) is 0. The summed E-state index contributed by atoms with van der Waals surface area (Å²) in [5.41, 5.74) is 5.60. The summed E-state index contributed by atoms with van der Waals surface area (Å²) in [6, 6.07) is 9.21. The molecular weight excluding hydrogens is 178 g/mol. The van der Waals surface area contributed by atoms with Gasteiger partial charge in [-0.15, -0.1) is 0 Å². The minimum Gasteiger partial charge on any atom is -0.464 e. The lowest BCUT2D eigenvalue weighted by Crippen LogP contribution is -2.43. The monoisotopic (exact) mass is 193 g/mol. The fourth-order valence-corrected chi connectivity index (χ4v) is 1.18. The molecule has 0 aliphatic heterocycles. The van der Waals surface area contributed by atoms with Crippen molar-refractivity contribution >= 4 is 5.97 Å². The van der Waals surface area contributed by atoms with Crippen molar-refractivity contribution in [1.29, 1.82) is 0 Å². The van der Waals surface area contributed by atoms with Crippen LogP contribution in [0, 0.1) is 0 Å². The average molecular weight is 193 g/mol. The summed E-state index contributed by atoms with van der Waals surface area (Å²) >= 11 is 0. The van der Waals surface area contributed by atoms with E-state index in [0.29, 0.717) is 6.61 Å². The molecule has 0 heterocycles. The van der Waals surface area contributed by atoms with Gasteiger partial charge in [-0.05, 0) is 19.4 Å². The predicted molar refractivity (Wildman–Crippen MR) is 54.6 cm³/mol. The molecule has 1 aromatic carbocycles. The van der Waals surface area contributed by atoms with Gasteiger partial charge < -0.3 is 10.5 Å². The van der Waals surface area contributed by atoms with Gasteiger partial charge in [0, 0.05) is 0 Å². The lowest BCUT2D eigenvalue weighted by atomic mass is 9.93. The Labute approximate surface area is 83.9 Å². The molecular formula is C11H15NO2. The molecule has 76 valence electrons. The molecule has 0 aliphatic rings. The van der Waals surface area contributed by atoms with E-state index >= 15 is 0 Å². The van der Waals surface area contributed by atoms with Crippen LogP contribution >= 0.6 is 0 Å². The van der Waals surface area contributed by atoms with Gasteiger partial charge in [0.15, 0.2) is 0 Å².